The van der Waals surface area contributed by atoms with E-state index in [2.05, 4.69) is 15.9 Å². The first-order valence-electron chi connectivity index (χ1n) is 5.41. The lowest BCUT2D eigenvalue weighted by Gasteiger charge is -2.34. The van der Waals surface area contributed by atoms with Gasteiger partial charge in [-0.15, -0.1) is 11.3 Å². The highest BCUT2D eigenvalue weighted by atomic mass is 79.9. The molecular weight excluding hydrogens is 342 g/mol. The summed E-state index contributed by atoms with van der Waals surface area (Å²) in [6.45, 7) is 0.233. The Labute approximate surface area is 118 Å². The third-order valence-electron chi connectivity index (χ3n) is 2.84. The molecule has 1 aromatic heterocycles. The van der Waals surface area contributed by atoms with Crippen LogP contribution in [-0.4, -0.2) is 31.3 Å². The Bertz CT molecular complexity index is 554. The van der Waals surface area contributed by atoms with Crippen LogP contribution in [0.15, 0.2) is 20.1 Å². The fraction of sp³-hybridized carbons (Fsp3) is 0.500. The number of aliphatic carboxylic acids is 1. The summed E-state index contributed by atoms with van der Waals surface area (Å²) in [7, 11) is -3.73. The third-order valence-corrected chi connectivity index (χ3v) is 6.84. The lowest BCUT2D eigenvalue weighted by molar-refractivity contribution is -0.311. The number of carbonyl (C=O) groups is 1. The number of carboxylic acid groups (broad SMARTS) is 1. The molecule has 1 fully saturated rings. The molecule has 18 heavy (non-hydrogen) atoms. The zero-order chi connectivity index (χ0) is 13.3. The topological polar surface area (TPSA) is 77.5 Å². The fourth-order valence-electron chi connectivity index (χ4n) is 1.98. The molecule has 0 amide bonds. The highest BCUT2D eigenvalue weighted by Crippen LogP contribution is 2.31. The molecule has 1 aliphatic heterocycles. The Morgan fingerprint density at radius 2 is 2.17 bits per heavy atom. The van der Waals surface area contributed by atoms with Crippen molar-refractivity contribution in [3.8, 4) is 0 Å². The van der Waals surface area contributed by atoms with Crippen molar-refractivity contribution in [2.24, 2.45) is 0 Å². The maximum atomic E-state index is 12.3. The van der Waals surface area contributed by atoms with Gasteiger partial charge < -0.3 is 9.90 Å². The number of sulfonamides is 1. The van der Waals surface area contributed by atoms with E-state index in [9.17, 15) is 18.3 Å². The van der Waals surface area contributed by atoms with E-state index >= 15 is 0 Å². The van der Waals surface area contributed by atoms with Gasteiger partial charge in [0, 0.05) is 6.54 Å². The van der Waals surface area contributed by atoms with E-state index in [-0.39, 0.29) is 10.8 Å². The second-order valence-electron chi connectivity index (χ2n) is 4.00. The molecule has 2 rings (SSSR count). The maximum absolute atomic E-state index is 12.3. The second kappa shape index (κ2) is 5.28. The van der Waals surface area contributed by atoms with Crippen LogP contribution in [0.25, 0.3) is 0 Å². The lowest BCUT2D eigenvalue weighted by Crippen LogP contribution is -2.52. The predicted octanol–water partition coefficient (Wildman–Crippen LogP) is 0.804. The number of thiophene rings is 1. The molecule has 0 aliphatic carbocycles. The summed E-state index contributed by atoms with van der Waals surface area (Å²) in [4.78, 5) is 11.0. The van der Waals surface area contributed by atoms with Crippen molar-refractivity contribution in [1.29, 1.82) is 0 Å². The summed E-state index contributed by atoms with van der Waals surface area (Å²) >= 11 is 4.28. The molecule has 0 bridgehead atoms. The van der Waals surface area contributed by atoms with Crippen LogP contribution in [0, 0.1) is 0 Å². The van der Waals surface area contributed by atoms with Crippen LogP contribution in [0.2, 0.25) is 0 Å². The van der Waals surface area contributed by atoms with E-state index in [1.807, 2.05) is 0 Å². The van der Waals surface area contributed by atoms with Crippen LogP contribution >= 0.6 is 27.3 Å². The first kappa shape index (κ1) is 14.0. The minimum absolute atomic E-state index is 0.155. The van der Waals surface area contributed by atoms with Gasteiger partial charge in [-0.25, -0.2) is 8.42 Å². The zero-order valence-corrected chi connectivity index (χ0v) is 12.6. The largest absolute Gasteiger partial charge is 0.548 e. The average molecular weight is 353 g/mol. The van der Waals surface area contributed by atoms with Crippen molar-refractivity contribution in [3.63, 3.8) is 0 Å². The monoisotopic (exact) mass is 352 g/mol. The van der Waals surface area contributed by atoms with Gasteiger partial charge in [-0.1, -0.05) is 6.42 Å². The molecule has 1 atom stereocenters. The number of piperidine rings is 1. The van der Waals surface area contributed by atoms with Gasteiger partial charge in [0.25, 0.3) is 10.0 Å². The number of carbonyl (C=O) groups excluding carboxylic acids is 1. The van der Waals surface area contributed by atoms with Gasteiger partial charge in [0.2, 0.25) is 0 Å². The molecule has 1 aliphatic rings. The van der Waals surface area contributed by atoms with Gasteiger partial charge in [-0.05, 0) is 40.9 Å². The van der Waals surface area contributed by atoms with Gasteiger partial charge >= 0.3 is 0 Å². The van der Waals surface area contributed by atoms with Gasteiger partial charge in [0.15, 0.2) is 0 Å². The fourth-order valence-corrected chi connectivity index (χ4v) is 5.77. The van der Waals surface area contributed by atoms with Crippen molar-refractivity contribution in [1.82, 2.24) is 4.31 Å². The maximum Gasteiger partial charge on any atom is 0.253 e. The van der Waals surface area contributed by atoms with E-state index in [4.69, 9.17) is 0 Å². The molecular formula is C10H11BrNO4S2-. The number of hydrogen-bond acceptors (Lipinski definition) is 5. The first-order valence-corrected chi connectivity index (χ1v) is 8.46. The summed E-state index contributed by atoms with van der Waals surface area (Å²) in [5.41, 5.74) is 0. The average Bonchev–Trinajstić information content (AvgIpc) is 2.76. The number of hydrogen-bond donors (Lipinski definition) is 0. The Balaban J connectivity index is 2.36. The van der Waals surface area contributed by atoms with E-state index in [0.29, 0.717) is 23.0 Å². The van der Waals surface area contributed by atoms with Gasteiger partial charge in [0.05, 0.1) is 15.8 Å². The molecule has 8 heteroatoms. The molecule has 0 radical (unpaired) electrons. The zero-order valence-electron chi connectivity index (χ0n) is 9.34. The molecule has 0 aromatic carbocycles. The van der Waals surface area contributed by atoms with Crippen LogP contribution in [0.5, 0.6) is 0 Å². The van der Waals surface area contributed by atoms with Gasteiger partial charge in [-0.3, -0.25) is 0 Å². The molecule has 1 saturated heterocycles. The Kier molecular flexibility index (Phi) is 4.10. The standard InChI is InChI=1S/C10H12BrNO4S2/c11-8-4-5-9(17-8)18(15,16)12-6-2-1-3-7(12)10(13)14/h4-5,7H,1-3,6H2,(H,13,14)/p-1/t7-/m1/s1. The summed E-state index contributed by atoms with van der Waals surface area (Å²) in [6.07, 6.45) is 1.70. The molecule has 0 unspecified atom stereocenters. The van der Waals surface area contributed by atoms with Crippen molar-refractivity contribution < 1.29 is 18.3 Å². The molecule has 0 saturated carbocycles. The smallest absolute Gasteiger partial charge is 0.253 e. The Hall–Kier alpha value is -0.440. The number of nitrogens with zero attached hydrogens (tertiary/aromatic N) is 1. The third kappa shape index (κ3) is 2.61. The number of rotatable bonds is 3. The lowest BCUT2D eigenvalue weighted by atomic mass is 10.1. The van der Waals surface area contributed by atoms with Crippen molar-refractivity contribution in [3.05, 3.63) is 15.9 Å². The van der Waals surface area contributed by atoms with Crippen LogP contribution in [0.4, 0.5) is 0 Å². The van der Waals surface area contributed by atoms with Crippen molar-refractivity contribution >= 4 is 43.3 Å². The molecule has 1 aromatic rings. The molecule has 2 heterocycles. The predicted molar refractivity (Wildman–Crippen MR) is 68.6 cm³/mol. The first-order chi connectivity index (χ1) is 8.43. The van der Waals surface area contributed by atoms with Crippen molar-refractivity contribution in [2.75, 3.05) is 6.54 Å². The van der Waals surface area contributed by atoms with Crippen molar-refractivity contribution in [2.45, 2.75) is 29.5 Å². The SMILES string of the molecule is O=C([O-])[C@H]1CCCCN1S(=O)(=O)c1ccc(Br)s1. The van der Waals surface area contributed by atoms with Crippen LogP contribution in [0.1, 0.15) is 19.3 Å². The van der Waals surface area contributed by atoms with Crippen LogP contribution < -0.4 is 5.11 Å². The van der Waals surface area contributed by atoms with E-state index in [1.165, 1.54) is 6.07 Å². The Morgan fingerprint density at radius 3 is 2.72 bits per heavy atom. The van der Waals surface area contributed by atoms with Crippen LogP contribution in [0.3, 0.4) is 0 Å². The summed E-state index contributed by atoms with van der Waals surface area (Å²) in [5, 5.41) is 11.0. The van der Waals surface area contributed by atoms with Gasteiger partial charge in [-0.2, -0.15) is 4.31 Å². The summed E-state index contributed by atoms with van der Waals surface area (Å²) < 4.78 is 26.6. The van der Waals surface area contributed by atoms with Gasteiger partial charge in [0.1, 0.15) is 4.21 Å². The van der Waals surface area contributed by atoms with E-state index in [1.54, 1.807) is 6.07 Å². The number of halogens is 1. The highest BCUT2D eigenvalue weighted by Gasteiger charge is 2.34. The summed E-state index contributed by atoms with van der Waals surface area (Å²) in [5.74, 6) is -1.33. The van der Waals surface area contributed by atoms with E-state index in [0.717, 1.165) is 15.6 Å². The Morgan fingerprint density at radius 1 is 1.44 bits per heavy atom. The molecule has 0 N–H and O–H groups in total. The molecule has 0 spiro atoms. The normalized spacial score (nSPS) is 21.9. The van der Waals surface area contributed by atoms with Crippen LogP contribution in [-0.2, 0) is 14.8 Å². The second-order valence-corrected chi connectivity index (χ2v) is 8.59. The minimum Gasteiger partial charge on any atom is -0.548 e. The summed E-state index contributed by atoms with van der Waals surface area (Å²) in [6, 6.07) is 2.06. The quantitative estimate of drug-likeness (QED) is 0.806. The highest BCUT2D eigenvalue weighted by molar-refractivity contribution is 9.11. The molecule has 100 valence electrons. The molecule has 5 nitrogen and oxygen atoms in total. The number of carboxylic acids is 1. The minimum atomic E-state index is -3.73. The van der Waals surface area contributed by atoms with E-state index < -0.39 is 22.0 Å².